The molecule has 0 bridgehead atoms. The van der Waals surface area contributed by atoms with E-state index in [2.05, 4.69) is 25.7 Å². The van der Waals surface area contributed by atoms with E-state index in [1.165, 1.54) is 0 Å². The van der Waals surface area contributed by atoms with Crippen molar-refractivity contribution in [1.29, 1.82) is 0 Å². The molecule has 2 N–H and O–H groups in total. The smallest absolute Gasteiger partial charge is 0.0757 e. The Morgan fingerprint density at radius 1 is 1.38 bits per heavy atom. The summed E-state index contributed by atoms with van der Waals surface area (Å²) in [6, 6.07) is 0.0346. The Balaban J connectivity index is 4.07. The molecule has 2 nitrogen and oxygen atoms in total. The van der Waals surface area contributed by atoms with E-state index in [4.69, 9.17) is 10.5 Å². The van der Waals surface area contributed by atoms with Gasteiger partial charge in [-0.25, -0.2) is 0 Å². The number of nitrogens with two attached hydrogens (primary N) is 1. The van der Waals surface area contributed by atoms with E-state index in [0.29, 0.717) is 5.92 Å². The number of hydrogen-bond acceptors (Lipinski definition) is 2. The molecule has 0 aliphatic rings. The summed E-state index contributed by atoms with van der Waals surface area (Å²) < 4.78 is 5.57. The second-order valence-electron chi connectivity index (χ2n) is 3.46. The summed E-state index contributed by atoms with van der Waals surface area (Å²) in [5.41, 5.74) is 5.96. The Morgan fingerprint density at radius 3 is 2.38 bits per heavy atom. The first-order valence-electron chi connectivity index (χ1n) is 4.90. The SMILES string of the molecule is CC#CCC(N)C(OCC)C(C)C. The molecule has 0 spiro atoms. The van der Waals surface area contributed by atoms with Crippen molar-refractivity contribution < 1.29 is 4.74 Å². The van der Waals surface area contributed by atoms with Crippen LogP contribution in [-0.4, -0.2) is 18.8 Å². The molecule has 0 radical (unpaired) electrons. The Hall–Kier alpha value is -0.520. The molecule has 0 aromatic rings. The lowest BCUT2D eigenvalue weighted by molar-refractivity contribution is 0.0138. The zero-order valence-corrected chi connectivity index (χ0v) is 9.13. The summed E-state index contributed by atoms with van der Waals surface area (Å²) in [5, 5.41) is 0. The number of rotatable bonds is 5. The Morgan fingerprint density at radius 2 is 2.00 bits per heavy atom. The maximum Gasteiger partial charge on any atom is 0.0757 e. The number of hydrogen-bond donors (Lipinski definition) is 1. The molecule has 0 saturated heterocycles. The molecule has 0 heterocycles. The molecule has 2 unspecified atom stereocenters. The van der Waals surface area contributed by atoms with Gasteiger partial charge in [0.1, 0.15) is 0 Å². The highest BCUT2D eigenvalue weighted by Gasteiger charge is 2.20. The van der Waals surface area contributed by atoms with E-state index in [1.807, 2.05) is 13.8 Å². The molecule has 0 rings (SSSR count). The first-order valence-corrected chi connectivity index (χ1v) is 4.90. The predicted molar refractivity (Wildman–Crippen MR) is 56.3 cm³/mol. The van der Waals surface area contributed by atoms with Gasteiger partial charge in [-0.1, -0.05) is 13.8 Å². The van der Waals surface area contributed by atoms with Crippen LogP contribution >= 0.6 is 0 Å². The van der Waals surface area contributed by atoms with Crippen molar-refractivity contribution >= 4 is 0 Å². The van der Waals surface area contributed by atoms with Crippen molar-refractivity contribution in [2.45, 2.75) is 46.3 Å². The molecule has 0 amide bonds. The van der Waals surface area contributed by atoms with Gasteiger partial charge in [0.15, 0.2) is 0 Å². The highest BCUT2D eigenvalue weighted by molar-refractivity contribution is 4.99. The molecular weight excluding hydrogens is 162 g/mol. The summed E-state index contributed by atoms with van der Waals surface area (Å²) >= 11 is 0. The molecule has 2 heteroatoms. The van der Waals surface area contributed by atoms with E-state index in [0.717, 1.165) is 13.0 Å². The summed E-state index contributed by atoms with van der Waals surface area (Å²) in [5.74, 6) is 6.29. The largest absolute Gasteiger partial charge is 0.377 e. The lowest BCUT2D eigenvalue weighted by Crippen LogP contribution is -2.40. The summed E-state index contributed by atoms with van der Waals surface area (Å²) in [6.07, 6.45) is 0.852. The highest BCUT2D eigenvalue weighted by atomic mass is 16.5. The van der Waals surface area contributed by atoms with E-state index in [-0.39, 0.29) is 12.1 Å². The lowest BCUT2D eigenvalue weighted by Gasteiger charge is -2.25. The van der Waals surface area contributed by atoms with Crippen LogP contribution in [-0.2, 0) is 4.74 Å². The van der Waals surface area contributed by atoms with Gasteiger partial charge in [-0.2, -0.15) is 0 Å². The van der Waals surface area contributed by atoms with Crippen molar-refractivity contribution in [3.63, 3.8) is 0 Å². The zero-order valence-electron chi connectivity index (χ0n) is 9.13. The maximum atomic E-state index is 5.96. The molecule has 0 aromatic carbocycles. The van der Waals surface area contributed by atoms with Crippen molar-refractivity contribution in [2.24, 2.45) is 11.7 Å². The van der Waals surface area contributed by atoms with Crippen molar-refractivity contribution in [3.05, 3.63) is 0 Å². The fourth-order valence-corrected chi connectivity index (χ4v) is 1.34. The Labute approximate surface area is 81.8 Å². The zero-order chi connectivity index (χ0) is 10.3. The van der Waals surface area contributed by atoms with Crippen LogP contribution in [0.15, 0.2) is 0 Å². The van der Waals surface area contributed by atoms with Gasteiger partial charge in [-0.05, 0) is 19.8 Å². The fourth-order valence-electron chi connectivity index (χ4n) is 1.34. The fraction of sp³-hybridized carbons (Fsp3) is 0.818. The third kappa shape index (κ3) is 4.92. The Kier molecular flexibility index (Phi) is 6.66. The van der Waals surface area contributed by atoms with Gasteiger partial charge in [0, 0.05) is 19.1 Å². The van der Waals surface area contributed by atoms with Crippen molar-refractivity contribution in [1.82, 2.24) is 0 Å². The van der Waals surface area contributed by atoms with E-state index in [9.17, 15) is 0 Å². The molecule has 0 aromatic heterocycles. The monoisotopic (exact) mass is 183 g/mol. The Bertz CT molecular complexity index is 178. The third-order valence-corrected chi connectivity index (χ3v) is 1.95. The lowest BCUT2D eigenvalue weighted by atomic mass is 9.98. The predicted octanol–water partition coefficient (Wildman–Crippen LogP) is 1.79. The normalized spacial score (nSPS) is 14.9. The molecule has 2 atom stereocenters. The van der Waals surface area contributed by atoms with Crippen molar-refractivity contribution in [3.8, 4) is 11.8 Å². The van der Waals surface area contributed by atoms with Crippen LogP contribution < -0.4 is 5.73 Å². The van der Waals surface area contributed by atoms with E-state index in [1.54, 1.807) is 0 Å². The van der Waals surface area contributed by atoms with Gasteiger partial charge in [0.25, 0.3) is 0 Å². The minimum atomic E-state index is 0.0346. The first kappa shape index (κ1) is 12.5. The first-order chi connectivity index (χ1) is 6.13. The van der Waals surface area contributed by atoms with Gasteiger partial charge >= 0.3 is 0 Å². The van der Waals surface area contributed by atoms with Crippen LogP contribution in [0.5, 0.6) is 0 Å². The second-order valence-corrected chi connectivity index (χ2v) is 3.46. The molecule has 0 saturated carbocycles. The van der Waals surface area contributed by atoms with Gasteiger partial charge in [0.2, 0.25) is 0 Å². The quantitative estimate of drug-likeness (QED) is 0.659. The van der Waals surface area contributed by atoms with Gasteiger partial charge in [0.05, 0.1) is 6.10 Å². The van der Waals surface area contributed by atoms with Crippen LogP contribution in [0.2, 0.25) is 0 Å². The van der Waals surface area contributed by atoms with E-state index >= 15 is 0 Å². The standard InChI is InChI=1S/C11H21NO/c1-5-7-8-10(12)11(9(3)4)13-6-2/h9-11H,6,8,12H2,1-4H3. The van der Waals surface area contributed by atoms with Crippen LogP contribution in [0.3, 0.4) is 0 Å². The highest BCUT2D eigenvalue weighted by Crippen LogP contribution is 2.11. The van der Waals surface area contributed by atoms with Crippen LogP contribution in [0.4, 0.5) is 0 Å². The molecule has 0 aliphatic carbocycles. The average Bonchev–Trinajstić information content (AvgIpc) is 2.09. The molecule has 76 valence electrons. The summed E-state index contributed by atoms with van der Waals surface area (Å²) in [4.78, 5) is 0. The topological polar surface area (TPSA) is 35.2 Å². The molecule has 0 aliphatic heterocycles. The van der Waals surface area contributed by atoms with Crippen LogP contribution in [0, 0.1) is 17.8 Å². The second kappa shape index (κ2) is 6.94. The van der Waals surface area contributed by atoms with Crippen molar-refractivity contribution in [2.75, 3.05) is 6.61 Å². The maximum absolute atomic E-state index is 5.96. The minimum absolute atomic E-state index is 0.0346. The molecular formula is C11H21NO. The van der Waals surface area contributed by atoms with E-state index < -0.39 is 0 Å². The number of ether oxygens (including phenoxy) is 1. The minimum Gasteiger partial charge on any atom is -0.377 e. The van der Waals surface area contributed by atoms with Crippen LogP contribution in [0.25, 0.3) is 0 Å². The summed E-state index contributed by atoms with van der Waals surface area (Å²) in [7, 11) is 0. The van der Waals surface area contributed by atoms with Gasteiger partial charge in [-0.15, -0.1) is 11.8 Å². The molecule has 0 fully saturated rings. The third-order valence-electron chi connectivity index (χ3n) is 1.95. The van der Waals surface area contributed by atoms with Crippen LogP contribution in [0.1, 0.15) is 34.1 Å². The summed E-state index contributed by atoms with van der Waals surface area (Å²) in [6.45, 7) is 8.79. The molecule has 13 heavy (non-hydrogen) atoms. The van der Waals surface area contributed by atoms with Gasteiger partial charge < -0.3 is 10.5 Å². The van der Waals surface area contributed by atoms with Gasteiger partial charge in [-0.3, -0.25) is 0 Å². The average molecular weight is 183 g/mol.